The first kappa shape index (κ1) is 13.9. The van der Waals surface area contributed by atoms with E-state index in [9.17, 15) is 5.26 Å². The maximum absolute atomic E-state index is 9.29. The van der Waals surface area contributed by atoms with Gasteiger partial charge in [0.2, 0.25) is 0 Å². The quantitative estimate of drug-likeness (QED) is 0.922. The van der Waals surface area contributed by atoms with Gasteiger partial charge in [0.15, 0.2) is 0 Å². The van der Waals surface area contributed by atoms with Gasteiger partial charge in [-0.05, 0) is 44.5 Å². The highest BCUT2D eigenvalue weighted by Gasteiger charge is 2.10. The zero-order chi connectivity index (χ0) is 14.7. The van der Waals surface area contributed by atoms with Crippen molar-refractivity contribution in [1.29, 1.82) is 5.26 Å². The maximum Gasteiger partial charge on any atom is 0.142 e. The fourth-order valence-corrected chi connectivity index (χ4v) is 2.13. The summed E-state index contributed by atoms with van der Waals surface area (Å²) in [7, 11) is 1.63. The van der Waals surface area contributed by atoms with E-state index in [1.165, 1.54) is 0 Å². The lowest BCUT2D eigenvalue weighted by Gasteiger charge is -2.14. The van der Waals surface area contributed by atoms with Crippen molar-refractivity contribution in [3.05, 3.63) is 46.8 Å². The fraction of sp³-hybridized carbons (Fsp3) is 0.250. The summed E-state index contributed by atoms with van der Waals surface area (Å²) in [5.41, 5.74) is 4.86. The Kier molecular flexibility index (Phi) is 3.90. The summed E-state index contributed by atoms with van der Waals surface area (Å²) >= 11 is 0. The van der Waals surface area contributed by atoms with E-state index in [4.69, 9.17) is 4.74 Å². The van der Waals surface area contributed by atoms with E-state index in [-0.39, 0.29) is 0 Å². The molecule has 2 aromatic rings. The summed E-state index contributed by atoms with van der Waals surface area (Å²) in [5, 5.41) is 12.6. The minimum atomic E-state index is 0.555. The molecule has 0 bridgehead atoms. The van der Waals surface area contributed by atoms with Gasteiger partial charge < -0.3 is 10.1 Å². The summed E-state index contributed by atoms with van der Waals surface area (Å²) in [6.07, 6.45) is 0. The number of ether oxygens (including phenoxy) is 1. The standard InChI is InChI=1S/C16H17N3O/c1-10-5-6-16(20-4)15(7-10)19-14-8-11(2)18-12(3)13(14)9-17/h5-8H,1-4H3,(H,18,19). The molecule has 1 aromatic carbocycles. The van der Waals surface area contributed by atoms with Gasteiger partial charge in [-0.2, -0.15) is 5.26 Å². The molecule has 1 heterocycles. The lowest BCUT2D eigenvalue weighted by Crippen LogP contribution is -2.01. The van der Waals surface area contributed by atoms with E-state index >= 15 is 0 Å². The van der Waals surface area contributed by atoms with Gasteiger partial charge in [-0.25, -0.2) is 0 Å². The van der Waals surface area contributed by atoms with E-state index in [0.29, 0.717) is 5.56 Å². The average Bonchev–Trinajstić information content (AvgIpc) is 2.38. The molecule has 20 heavy (non-hydrogen) atoms. The number of pyridine rings is 1. The number of hydrogen-bond acceptors (Lipinski definition) is 4. The van der Waals surface area contributed by atoms with E-state index in [2.05, 4.69) is 16.4 Å². The minimum absolute atomic E-state index is 0.555. The van der Waals surface area contributed by atoms with Crippen molar-refractivity contribution in [1.82, 2.24) is 4.98 Å². The number of nitrogens with one attached hydrogen (secondary N) is 1. The van der Waals surface area contributed by atoms with E-state index in [1.807, 2.05) is 45.0 Å². The van der Waals surface area contributed by atoms with Gasteiger partial charge in [0.25, 0.3) is 0 Å². The zero-order valence-electron chi connectivity index (χ0n) is 12.1. The first-order valence-electron chi connectivity index (χ1n) is 6.35. The molecule has 4 heteroatoms. The van der Waals surface area contributed by atoms with Gasteiger partial charge in [0.05, 0.1) is 29.7 Å². The molecule has 0 aliphatic rings. The SMILES string of the molecule is COc1ccc(C)cc1Nc1cc(C)nc(C)c1C#N. The summed E-state index contributed by atoms with van der Waals surface area (Å²) in [6.45, 7) is 5.76. The van der Waals surface area contributed by atoms with Crippen LogP contribution in [-0.2, 0) is 0 Å². The Balaban J connectivity index is 2.50. The Hall–Kier alpha value is -2.54. The molecule has 0 amide bonds. The first-order valence-corrected chi connectivity index (χ1v) is 6.35. The first-order chi connectivity index (χ1) is 9.55. The van der Waals surface area contributed by atoms with Crippen LogP contribution in [0, 0.1) is 32.1 Å². The molecule has 4 nitrogen and oxygen atoms in total. The Labute approximate surface area is 119 Å². The number of benzene rings is 1. The van der Waals surface area contributed by atoms with Crippen LogP contribution < -0.4 is 10.1 Å². The molecule has 0 radical (unpaired) electrons. The number of methoxy groups -OCH3 is 1. The third kappa shape index (κ3) is 2.72. The summed E-state index contributed by atoms with van der Waals surface area (Å²) in [6, 6.07) is 9.95. The molecule has 0 aliphatic carbocycles. The van der Waals surface area contributed by atoms with Gasteiger partial charge in [-0.15, -0.1) is 0 Å². The van der Waals surface area contributed by atoms with E-state index in [0.717, 1.165) is 34.1 Å². The number of anilines is 2. The van der Waals surface area contributed by atoms with Crippen LogP contribution in [0.2, 0.25) is 0 Å². The van der Waals surface area contributed by atoms with Crippen LogP contribution in [0.3, 0.4) is 0 Å². The van der Waals surface area contributed by atoms with Crippen molar-refractivity contribution >= 4 is 11.4 Å². The van der Waals surface area contributed by atoms with Crippen molar-refractivity contribution in [2.75, 3.05) is 12.4 Å². The molecule has 0 saturated heterocycles. The van der Waals surface area contributed by atoms with E-state index in [1.54, 1.807) is 7.11 Å². The monoisotopic (exact) mass is 267 g/mol. The number of aromatic nitrogens is 1. The Morgan fingerprint density at radius 1 is 1.15 bits per heavy atom. The van der Waals surface area contributed by atoms with Gasteiger partial charge in [-0.3, -0.25) is 4.98 Å². The second-order valence-electron chi connectivity index (χ2n) is 4.71. The number of rotatable bonds is 3. The second-order valence-corrected chi connectivity index (χ2v) is 4.71. The van der Waals surface area contributed by atoms with Crippen LogP contribution in [0.15, 0.2) is 24.3 Å². The van der Waals surface area contributed by atoms with Crippen LogP contribution in [-0.4, -0.2) is 12.1 Å². The highest BCUT2D eigenvalue weighted by Crippen LogP contribution is 2.30. The molecule has 0 saturated carbocycles. The number of aryl methyl sites for hydroxylation is 3. The Morgan fingerprint density at radius 3 is 2.55 bits per heavy atom. The van der Waals surface area contributed by atoms with Crippen LogP contribution in [0.4, 0.5) is 11.4 Å². The highest BCUT2D eigenvalue weighted by atomic mass is 16.5. The molecule has 0 unspecified atom stereocenters. The predicted octanol–water partition coefficient (Wildman–Crippen LogP) is 3.63. The van der Waals surface area contributed by atoms with Crippen molar-refractivity contribution in [2.24, 2.45) is 0 Å². The van der Waals surface area contributed by atoms with Crippen molar-refractivity contribution in [3.8, 4) is 11.8 Å². The third-order valence-corrected chi connectivity index (χ3v) is 3.06. The molecule has 0 aliphatic heterocycles. The highest BCUT2D eigenvalue weighted by molar-refractivity contribution is 5.72. The summed E-state index contributed by atoms with van der Waals surface area (Å²) in [4.78, 5) is 4.31. The van der Waals surface area contributed by atoms with E-state index < -0.39 is 0 Å². The van der Waals surface area contributed by atoms with Crippen LogP contribution in [0.25, 0.3) is 0 Å². The molecule has 2 rings (SSSR count). The van der Waals surface area contributed by atoms with Gasteiger partial charge in [0, 0.05) is 5.69 Å². The summed E-state index contributed by atoms with van der Waals surface area (Å²) in [5.74, 6) is 0.742. The van der Waals surface area contributed by atoms with Crippen molar-refractivity contribution in [3.63, 3.8) is 0 Å². The van der Waals surface area contributed by atoms with Gasteiger partial charge in [-0.1, -0.05) is 6.07 Å². The third-order valence-electron chi connectivity index (χ3n) is 3.06. The molecule has 1 aromatic heterocycles. The zero-order valence-corrected chi connectivity index (χ0v) is 12.1. The molecule has 0 atom stereocenters. The van der Waals surface area contributed by atoms with Crippen LogP contribution in [0.5, 0.6) is 5.75 Å². The normalized spacial score (nSPS) is 9.95. The maximum atomic E-state index is 9.29. The average molecular weight is 267 g/mol. The second kappa shape index (κ2) is 5.62. The largest absolute Gasteiger partial charge is 0.495 e. The molecule has 102 valence electrons. The van der Waals surface area contributed by atoms with Crippen LogP contribution >= 0.6 is 0 Å². The lowest BCUT2D eigenvalue weighted by atomic mass is 10.1. The van der Waals surface area contributed by atoms with Crippen LogP contribution in [0.1, 0.15) is 22.5 Å². The fourth-order valence-electron chi connectivity index (χ4n) is 2.13. The molecular formula is C16H17N3O. The molecule has 1 N–H and O–H groups in total. The van der Waals surface area contributed by atoms with Gasteiger partial charge in [0.1, 0.15) is 11.8 Å². The predicted molar refractivity (Wildman–Crippen MR) is 79.4 cm³/mol. The number of nitrogens with zero attached hydrogens (tertiary/aromatic N) is 2. The number of nitriles is 1. The molecular weight excluding hydrogens is 250 g/mol. The van der Waals surface area contributed by atoms with Crippen molar-refractivity contribution in [2.45, 2.75) is 20.8 Å². The Morgan fingerprint density at radius 2 is 1.90 bits per heavy atom. The number of hydrogen-bond donors (Lipinski definition) is 1. The Bertz CT molecular complexity index is 687. The summed E-state index contributed by atoms with van der Waals surface area (Å²) < 4.78 is 5.35. The molecule has 0 spiro atoms. The minimum Gasteiger partial charge on any atom is -0.495 e. The molecule has 0 fully saturated rings. The van der Waals surface area contributed by atoms with Crippen molar-refractivity contribution < 1.29 is 4.74 Å². The topological polar surface area (TPSA) is 57.9 Å². The van der Waals surface area contributed by atoms with Gasteiger partial charge >= 0.3 is 0 Å². The lowest BCUT2D eigenvalue weighted by molar-refractivity contribution is 0.416. The smallest absolute Gasteiger partial charge is 0.142 e.